The zero-order chi connectivity index (χ0) is 58.5. The monoisotopic (exact) mass is 1130 g/mol. The Labute approximate surface area is 453 Å². The van der Waals surface area contributed by atoms with Gasteiger partial charge < -0.3 is 80.3 Å². The summed E-state index contributed by atoms with van der Waals surface area (Å²) in [7, 11) is 1.22. The number of halogens is 2. The molecule has 10 N–H and O–H groups in total. The van der Waals surface area contributed by atoms with E-state index in [9.17, 15) is 77.5 Å². The van der Waals surface area contributed by atoms with E-state index in [1.807, 2.05) is 0 Å². The molecule has 6 heterocycles. The minimum atomic E-state index is -3.92. The van der Waals surface area contributed by atoms with E-state index in [-0.39, 0.29) is 67.6 Å². The number of fused-ring (bicyclic) bond motifs is 6. The summed E-state index contributed by atoms with van der Waals surface area (Å²) in [6, 6.07) is 0.218. The van der Waals surface area contributed by atoms with Crippen molar-refractivity contribution in [2.75, 3.05) is 40.1 Å². The molecule has 4 aliphatic rings. The maximum absolute atomic E-state index is 14.2. The van der Waals surface area contributed by atoms with Crippen molar-refractivity contribution < 1.29 is 96.7 Å². The zero-order valence-electron chi connectivity index (χ0n) is 43.9. The third-order valence-electron chi connectivity index (χ3n) is 14.1. The van der Waals surface area contributed by atoms with Crippen LogP contribution in [0.4, 0.5) is 8.78 Å². The fourth-order valence-corrected chi connectivity index (χ4v) is 9.44. The second-order valence-corrected chi connectivity index (χ2v) is 19.7. The number of cyclic esters (lactones) is 1. The first-order valence-electron chi connectivity index (χ1n) is 25.6. The number of rotatable bonds is 26. The lowest BCUT2D eigenvalue weighted by atomic mass is 9.86. The van der Waals surface area contributed by atoms with Crippen LogP contribution in [-0.2, 0) is 73.0 Å². The van der Waals surface area contributed by atoms with Gasteiger partial charge in [0, 0.05) is 74.3 Å². The number of carbonyl (C=O) groups is 8. The molecular weight excluding hydrogens is 1070 g/mol. The largest absolute Gasteiger partial charge is 0.586 e. The van der Waals surface area contributed by atoms with Crippen LogP contribution in [0.2, 0.25) is 0 Å². The van der Waals surface area contributed by atoms with E-state index < -0.39 is 140 Å². The van der Waals surface area contributed by atoms with Gasteiger partial charge in [-0.15, -0.1) is 8.78 Å². The van der Waals surface area contributed by atoms with Crippen LogP contribution in [0.1, 0.15) is 81.5 Å². The van der Waals surface area contributed by atoms with Gasteiger partial charge in [-0.2, -0.15) is 0 Å². The Morgan fingerprint density at radius 3 is 2.19 bits per heavy atom. The van der Waals surface area contributed by atoms with E-state index in [0.29, 0.717) is 47.2 Å². The Hall–Kier alpha value is -7.54. The molecule has 434 valence electrons. The van der Waals surface area contributed by atoms with Crippen LogP contribution in [0.15, 0.2) is 35.1 Å². The molecule has 3 aromatic rings. The molecule has 4 aliphatic heterocycles. The summed E-state index contributed by atoms with van der Waals surface area (Å²) in [4.78, 5) is 123. The van der Waals surface area contributed by atoms with Gasteiger partial charge in [0.05, 0.1) is 35.6 Å². The molecule has 1 aromatic carbocycles. The number of hydrogen-bond acceptors (Lipinski definition) is 20. The van der Waals surface area contributed by atoms with Gasteiger partial charge in [0.25, 0.3) is 17.4 Å². The molecule has 0 bridgehead atoms. The topological polar surface area (TPSA) is 384 Å². The van der Waals surface area contributed by atoms with Gasteiger partial charge in [0.2, 0.25) is 29.5 Å². The van der Waals surface area contributed by atoms with E-state index in [2.05, 4.69) is 21.3 Å². The van der Waals surface area contributed by atoms with Gasteiger partial charge in [-0.1, -0.05) is 6.92 Å². The number of carbonyl (C=O) groups excluding carboxylic acids is 8. The van der Waals surface area contributed by atoms with Gasteiger partial charge >= 0.3 is 12.3 Å². The smallest absolute Gasteiger partial charge is 0.458 e. The number of amides is 7. The highest BCUT2D eigenvalue weighted by atomic mass is 19.3. The fraction of sp³-hybridized carbons (Fsp3) is 0.529. The predicted molar refractivity (Wildman–Crippen MR) is 268 cm³/mol. The Morgan fingerprint density at radius 1 is 0.863 bits per heavy atom. The first-order valence-corrected chi connectivity index (χ1v) is 25.6. The first kappa shape index (κ1) is 60.1. The number of aryl methyl sites for hydroxylation is 1. The second-order valence-electron chi connectivity index (χ2n) is 19.7. The highest BCUT2D eigenvalue weighted by molar-refractivity contribution is 6.13. The summed E-state index contributed by atoms with van der Waals surface area (Å²) in [5, 5.41) is 70.7. The molecule has 0 aliphatic carbocycles. The minimum Gasteiger partial charge on any atom is -0.458 e. The number of ether oxygens (including phenoxy) is 4. The number of nitrogens with zero attached hydrogens (tertiary/aromatic N) is 4. The summed E-state index contributed by atoms with van der Waals surface area (Å²) in [6.45, 7) is 1.87. The van der Waals surface area contributed by atoms with E-state index in [1.165, 1.54) is 43.7 Å². The number of pyridine rings is 2. The number of aromatic nitrogens is 2. The summed E-state index contributed by atoms with van der Waals surface area (Å²) in [6.07, 6.45) is -9.62. The van der Waals surface area contributed by atoms with Crippen molar-refractivity contribution in [2.45, 2.75) is 133 Å². The minimum absolute atomic E-state index is 0.0320. The molecule has 80 heavy (non-hydrogen) atoms. The molecule has 0 saturated heterocycles. The van der Waals surface area contributed by atoms with Crippen LogP contribution >= 0.6 is 0 Å². The number of esters is 1. The second kappa shape index (κ2) is 24.9. The molecule has 8 atom stereocenters. The first-order chi connectivity index (χ1) is 37.8. The summed E-state index contributed by atoms with van der Waals surface area (Å²) in [5.74, 6) is -6.69. The van der Waals surface area contributed by atoms with Crippen LogP contribution in [0, 0.1) is 0 Å². The number of imide groups is 1. The number of likely N-dealkylation sites (N-methyl/N-ethyl adjacent to an activating group) is 1. The lowest BCUT2D eigenvalue weighted by Crippen LogP contribution is -2.55. The SMILES string of the molecule is CC[C@@]1(O)C(=O)OCc2c1cc1n(c2=O)Cc2c-1nc1cc3c(cc1c2CCCCOCNC(=O)[C@H](C)NC(=O)[C@H](C)NC(=O)[C@H](CCC(=O)N(C)C[C@H](O)[C@@H](O)[C@H](O)[C@H](O)CO)NC(=O)CCN1C(=O)C=CC1=O)OC(F)(F)O3. The van der Waals surface area contributed by atoms with Gasteiger partial charge in [0.1, 0.15) is 55.9 Å². The Bertz CT molecular complexity index is 3030. The average Bonchev–Trinajstić information content (AvgIpc) is 4.09. The maximum atomic E-state index is 14.2. The summed E-state index contributed by atoms with van der Waals surface area (Å²) >= 11 is 0. The van der Waals surface area contributed by atoms with Crippen molar-refractivity contribution in [3.63, 3.8) is 0 Å². The van der Waals surface area contributed by atoms with Gasteiger partial charge in [0.15, 0.2) is 17.1 Å². The number of hydrogen-bond donors (Lipinski definition) is 10. The normalized spacial score (nSPS) is 19.2. The standard InChI is InChI=1S/C51H62F2N8O19/c1-5-50(76)30-17-33-42-28(19-61(33)48(74)29(30)22-78-49(50)75)26(27-16-36-37(18-32(27)58-42)80-51(52,53)79-36)8-6-7-15-77-23-54-45(71)24(2)55-46(72)25(3)56-47(73)31(57-38(65)13-14-60-40(67)11-12-41(60)68)9-10-39(66)59(4)20-34(63)43(69)44(70)35(64)21-62/h11-12,16-18,24-25,31,34-35,43-44,62-64,69-70,76H,5-10,13-15,19-23H2,1-4H3,(H,54,71)(H,55,72)(H,56,73)(H,57,65)/t24-,25-,31-,34-,35+,43+,44+,50-/m0/s1. The van der Waals surface area contributed by atoms with Gasteiger partial charge in [-0.3, -0.25) is 43.3 Å². The van der Waals surface area contributed by atoms with Crippen molar-refractivity contribution >= 4 is 58.2 Å². The van der Waals surface area contributed by atoms with Gasteiger partial charge in [-0.25, -0.2) is 9.78 Å². The van der Waals surface area contributed by atoms with Crippen molar-refractivity contribution in [2.24, 2.45) is 0 Å². The van der Waals surface area contributed by atoms with Crippen molar-refractivity contribution in [1.29, 1.82) is 0 Å². The molecule has 0 fully saturated rings. The van der Waals surface area contributed by atoms with E-state index in [0.717, 1.165) is 22.0 Å². The van der Waals surface area contributed by atoms with E-state index in [1.54, 1.807) is 6.92 Å². The number of alkyl halides is 2. The lowest BCUT2D eigenvalue weighted by molar-refractivity contribution is -0.286. The molecule has 2 aromatic heterocycles. The van der Waals surface area contributed by atoms with Crippen LogP contribution in [0.3, 0.4) is 0 Å². The Morgan fingerprint density at radius 2 is 1.51 bits per heavy atom. The quantitative estimate of drug-likeness (QED) is 0.0132. The van der Waals surface area contributed by atoms with Crippen LogP contribution in [0.5, 0.6) is 11.5 Å². The van der Waals surface area contributed by atoms with E-state index in [4.69, 9.17) is 29.0 Å². The van der Waals surface area contributed by atoms with Crippen LogP contribution in [0.25, 0.3) is 22.3 Å². The molecule has 7 amide bonds. The molecule has 0 saturated carbocycles. The zero-order valence-corrected chi connectivity index (χ0v) is 43.9. The van der Waals surface area contributed by atoms with Gasteiger partial charge in [-0.05, 0) is 63.6 Å². The van der Waals surface area contributed by atoms with E-state index >= 15 is 0 Å². The molecule has 7 rings (SSSR count). The lowest BCUT2D eigenvalue weighted by Gasteiger charge is -2.31. The third kappa shape index (κ3) is 13.0. The Balaban J connectivity index is 0.913. The fourth-order valence-electron chi connectivity index (χ4n) is 9.44. The predicted octanol–water partition coefficient (Wildman–Crippen LogP) is -2.70. The number of benzene rings is 1. The maximum Gasteiger partial charge on any atom is 0.586 e. The number of aliphatic hydroxyl groups excluding tert-OH is 5. The third-order valence-corrected chi connectivity index (χ3v) is 14.1. The number of unbranched alkanes of at least 4 members (excludes halogenated alkanes) is 1. The molecular formula is C51H62F2N8O19. The molecule has 0 radical (unpaired) electrons. The Kier molecular flexibility index (Phi) is 18.7. The van der Waals surface area contributed by atoms with Crippen LogP contribution < -0.4 is 36.3 Å². The summed E-state index contributed by atoms with van der Waals surface area (Å²) < 4.78 is 50.1. The van der Waals surface area contributed by atoms with Crippen molar-refractivity contribution in [3.05, 3.63) is 63.0 Å². The van der Waals surface area contributed by atoms with Crippen LogP contribution in [-0.4, -0.2) is 186 Å². The highest BCUT2D eigenvalue weighted by Gasteiger charge is 2.47. The molecule has 0 spiro atoms. The van der Waals surface area contributed by atoms with Crippen molar-refractivity contribution in [3.8, 4) is 22.9 Å². The van der Waals surface area contributed by atoms with Crippen molar-refractivity contribution in [1.82, 2.24) is 40.6 Å². The number of nitrogens with one attached hydrogen (secondary N) is 4. The summed E-state index contributed by atoms with van der Waals surface area (Å²) in [5.41, 5.74) is -0.206. The molecule has 27 nitrogen and oxygen atoms in total. The molecule has 29 heteroatoms. The molecule has 0 unspecified atom stereocenters. The highest BCUT2D eigenvalue weighted by Crippen LogP contribution is 2.46. The number of aliphatic hydroxyl groups is 6. The average molecular weight is 1130 g/mol.